The molecule has 7 nitrogen and oxygen atoms in total. The number of benzene rings is 3. The van der Waals surface area contributed by atoms with Gasteiger partial charge in [-0.15, -0.1) is 13.2 Å². The molecule has 0 spiro atoms. The number of amides is 1. The summed E-state index contributed by atoms with van der Waals surface area (Å²) in [5.74, 6) is -0.370. The van der Waals surface area contributed by atoms with Gasteiger partial charge in [0, 0.05) is 50.4 Å². The Hall–Kier alpha value is -3.92. The second-order valence-electron chi connectivity index (χ2n) is 8.15. The monoisotopic (exact) mass is 485 g/mol. The van der Waals surface area contributed by atoms with Gasteiger partial charge in [0.2, 0.25) is 0 Å². The zero-order valence-electron chi connectivity index (χ0n) is 18.6. The van der Waals surface area contributed by atoms with E-state index in [-0.39, 0.29) is 17.3 Å². The van der Waals surface area contributed by atoms with E-state index in [0.717, 1.165) is 11.1 Å². The van der Waals surface area contributed by atoms with Gasteiger partial charge in [-0.25, -0.2) is 0 Å². The first-order valence-electron chi connectivity index (χ1n) is 10.9. The van der Waals surface area contributed by atoms with Crippen LogP contribution in [0.3, 0.4) is 0 Å². The fourth-order valence-electron chi connectivity index (χ4n) is 4.00. The van der Waals surface area contributed by atoms with Crippen LogP contribution in [0.2, 0.25) is 0 Å². The minimum Gasteiger partial charge on any atom is -0.406 e. The Morgan fingerprint density at radius 1 is 0.914 bits per heavy atom. The summed E-state index contributed by atoms with van der Waals surface area (Å²) in [6.07, 6.45) is -4.74. The minimum absolute atomic E-state index is 0.00143. The van der Waals surface area contributed by atoms with Crippen molar-refractivity contribution in [1.29, 1.82) is 0 Å². The summed E-state index contributed by atoms with van der Waals surface area (Å²) in [6.45, 7) is 2.58. The van der Waals surface area contributed by atoms with Crippen LogP contribution in [0.5, 0.6) is 5.75 Å². The summed E-state index contributed by atoms with van der Waals surface area (Å²) in [6, 6.07) is 19.2. The van der Waals surface area contributed by atoms with Crippen LogP contribution >= 0.6 is 0 Å². The van der Waals surface area contributed by atoms with Crippen LogP contribution in [0.4, 0.5) is 18.9 Å². The van der Waals surface area contributed by atoms with E-state index in [1.807, 2.05) is 6.07 Å². The van der Waals surface area contributed by atoms with Gasteiger partial charge in [0.15, 0.2) is 0 Å². The van der Waals surface area contributed by atoms with Gasteiger partial charge in [0.1, 0.15) is 5.75 Å². The number of alkyl halides is 3. The van der Waals surface area contributed by atoms with Crippen molar-refractivity contribution in [1.82, 2.24) is 9.80 Å². The number of nitro groups is 1. The van der Waals surface area contributed by atoms with Crippen LogP contribution in [0.15, 0.2) is 72.8 Å². The third kappa shape index (κ3) is 6.36. The van der Waals surface area contributed by atoms with Crippen molar-refractivity contribution in [3.05, 3.63) is 94.0 Å². The number of halogens is 3. The van der Waals surface area contributed by atoms with Gasteiger partial charge in [-0.1, -0.05) is 24.3 Å². The molecule has 10 heteroatoms. The normalized spacial score (nSPS) is 14.5. The molecule has 1 heterocycles. The van der Waals surface area contributed by atoms with Crippen LogP contribution in [0.25, 0.3) is 11.1 Å². The third-order valence-electron chi connectivity index (χ3n) is 5.72. The highest BCUT2D eigenvalue weighted by Gasteiger charge is 2.31. The number of non-ortho nitro benzene ring substituents is 1. The summed E-state index contributed by atoms with van der Waals surface area (Å²) >= 11 is 0. The minimum atomic E-state index is -4.74. The fourth-order valence-corrected chi connectivity index (χ4v) is 4.00. The summed E-state index contributed by atoms with van der Waals surface area (Å²) in [5, 5.41) is 10.9. The molecule has 35 heavy (non-hydrogen) atoms. The van der Waals surface area contributed by atoms with E-state index in [9.17, 15) is 28.1 Å². The number of hydrogen-bond donors (Lipinski definition) is 0. The number of carbonyl (C=O) groups is 1. The quantitative estimate of drug-likeness (QED) is 0.358. The van der Waals surface area contributed by atoms with Gasteiger partial charge in [-0.2, -0.15) is 0 Å². The predicted octanol–water partition coefficient (Wildman–Crippen LogP) is 5.12. The van der Waals surface area contributed by atoms with Crippen molar-refractivity contribution in [2.45, 2.75) is 12.9 Å². The Bertz CT molecular complexity index is 1210. The summed E-state index contributed by atoms with van der Waals surface area (Å²) in [7, 11) is 0. The first kappa shape index (κ1) is 24.2. The van der Waals surface area contributed by atoms with E-state index in [0.29, 0.717) is 43.9 Å². The lowest BCUT2D eigenvalue weighted by atomic mass is 10.0. The highest BCUT2D eigenvalue weighted by Crippen LogP contribution is 2.25. The second-order valence-corrected chi connectivity index (χ2v) is 8.15. The van der Waals surface area contributed by atoms with E-state index in [1.165, 1.54) is 30.3 Å². The lowest BCUT2D eigenvalue weighted by molar-refractivity contribution is -0.384. The van der Waals surface area contributed by atoms with Crippen molar-refractivity contribution < 1.29 is 27.6 Å². The standard InChI is InChI=1S/C25H22F3N3O4/c26-25(27,28)35-23-6-1-3-18(15-23)17-29-11-13-30(14-12-29)24(32)21-5-2-4-20(16-21)19-7-9-22(10-8-19)31(33)34/h1-10,15-16H,11-14,17H2. The maximum Gasteiger partial charge on any atom is 0.573 e. The van der Waals surface area contributed by atoms with Crippen LogP contribution in [-0.2, 0) is 6.54 Å². The SMILES string of the molecule is O=C(c1cccc(-c2ccc([N+](=O)[O-])cc2)c1)N1CCN(Cc2cccc(OC(F)(F)F)c2)CC1. The van der Waals surface area contributed by atoms with Gasteiger partial charge < -0.3 is 9.64 Å². The molecule has 0 N–H and O–H groups in total. The molecule has 1 saturated heterocycles. The summed E-state index contributed by atoms with van der Waals surface area (Å²) in [5.41, 5.74) is 2.77. The Kier molecular flexibility index (Phi) is 7.02. The van der Waals surface area contributed by atoms with Crippen molar-refractivity contribution in [2.75, 3.05) is 26.2 Å². The molecule has 4 rings (SSSR count). The van der Waals surface area contributed by atoms with Gasteiger partial charge in [-0.3, -0.25) is 19.8 Å². The fraction of sp³-hybridized carbons (Fsp3) is 0.240. The van der Waals surface area contributed by atoms with Gasteiger partial charge in [0.05, 0.1) is 4.92 Å². The maximum absolute atomic E-state index is 13.1. The van der Waals surface area contributed by atoms with Gasteiger partial charge in [0.25, 0.3) is 11.6 Å². The van der Waals surface area contributed by atoms with Gasteiger partial charge in [-0.05, 0) is 53.1 Å². The molecule has 0 aromatic heterocycles. The number of nitrogens with zero attached hydrogens (tertiary/aromatic N) is 3. The molecule has 182 valence electrons. The van der Waals surface area contributed by atoms with Crippen LogP contribution < -0.4 is 4.74 Å². The predicted molar refractivity (Wildman–Crippen MR) is 123 cm³/mol. The van der Waals surface area contributed by atoms with Crippen molar-refractivity contribution in [3.63, 3.8) is 0 Å². The lowest BCUT2D eigenvalue weighted by Gasteiger charge is -2.35. The molecule has 3 aromatic carbocycles. The number of piperazine rings is 1. The number of carbonyl (C=O) groups excluding carboxylic acids is 1. The average Bonchev–Trinajstić information content (AvgIpc) is 2.83. The zero-order valence-corrected chi connectivity index (χ0v) is 18.6. The van der Waals surface area contributed by atoms with E-state index < -0.39 is 11.3 Å². The maximum atomic E-state index is 13.1. The first-order chi connectivity index (χ1) is 16.7. The van der Waals surface area contributed by atoms with Crippen LogP contribution in [0.1, 0.15) is 15.9 Å². The molecule has 1 amide bonds. The van der Waals surface area contributed by atoms with E-state index >= 15 is 0 Å². The molecule has 0 saturated carbocycles. The molecule has 0 bridgehead atoms. The summed E-state index contributed by atoms with van der Waals surface area (Å²) in [4.78, 5) is 27.3. The van der Waals surface area contributed by atoms with Crippen LogP contribution in [0, 0.1) is 10.1 Å². The number of hydrogen-bond acceptors (Lipinski definition) is 5. The topological polar surface area (TPSA) is 75.9 Å². The molecule has 1 aliphatic heterocycles. The lowest BCUT2D eigenvalue weighted by Crippen LogP contribution is -2.48. The van der Waals surface area contributed by atoms with Crippen LogP contribution in [-0.4, -0.2) is 53.2 Å². The molecule has 0 aliphatic carbocycles. The van der Waals surface area contributed by atoms with Crippen molar-refractivity contribution in [2.24, 2.45) is 0 Å². The smallest absolute Gasteiger partial charge is 0.406 e. The molecular formula is C25H22F3N3O4. The molecule has 1 aliphatic rings. The third-order valence-corrected chi connectivity index (χ3v) is 5.72. The number of ether oxygens (including phenoxy) is 1. The van der Waals surface area contributed by atoms with E-state index in [4.69, 9.17) is 0 Å². The van der Waals surface area contributed by atoms with Gasteiger partial charge >= 0.3 is 6.36 Å². The molecule has 0 unspecified atom stereocenters. The molecular weight excluding hydrogens is 463 g/mol. The second kappa shape index (κ2) is 10.1. The van der Waals surface area contributed by atoms with E-state index in [2.05, 4.69) is 9.64 Å². The van der Waals surface area contributed by atoms with Crippen molar-refractivity contribution in [3.8, 4) is 16.9 Å². The molecule has 1 fully saturated rings. The zero-order chi connectivity index (χ0) is 25.0. The number of rotatable bonds is 6. The number of nitro benzene ring substituents is 1. The highest BCUT2D eigenvalue weighted by molar-refractivity contribution is 5.95. The Labute approximate surface area is 199 Å². The largest absolute Gasteiger partial charge is 0.573 e. The Balaban J connectivity index is 1.36. The Morgan fingerprint density at radius 2 is 1.60 bits per heavy atom. The average molecular weight is 485 g/mol. The molecule has 3 aromatic rings. The van der Waals surface area contributed by atoms with Crippen molar-refractivity contribution >= 4 is 11.6 Å². The molecule has 0 atom stereocenters. The Morgan fingerprint density at radius 3 is 2.26 bits per heavy atom. The first-order valence-corrected chi connectivity index (χ1v) is 10.9. The highest BCUT2D eigenvalue weighted by atomic mass is 19.4. The molecule has 0 radical (unpaired) electrons. The van der Waals surface area contributed by atoms with E-state index in [1.54, 1.807) is 41.3 Å². The summed E-state index contributed by atoms with van der Waals surface area (Å²) < 4.78 is 41.4.